The highest BCUT2D eigenvalue weighted by Gasteiger charge is 2.19. The van der Waals surface area contributed by atoms with Crippen LogP contribution in [0.4, 0.5) is 11.5 Å². The van der Waals surface area contributed by atoms with E-state index in [1.807, 2.05) is 24.3 Å². The number of hydrogen-bond acceptors (Lipinski definition) is 6. The van der Waals surface area contributed by atoms with Crippen molar-refractivity contribution < 1.29 is 14.3 Å². The molecule has 1 aromatic carbocycles. The standard InChI is InChI=1S/C20H28N4O3/c1-13(25)22-16-9-14(7-8-17(16)27-6)11-21-18-10-15(12-26-5)23-19(24-18)20(2,3)4/h7-10H,11-12H2,1-6H3,(H,22,25)(H,21,23,24). The average molecular weight is 372 g/mol. The summed E-state index contributed by atoms with van der Waals surface area (Å²) in [5.41, 5.74) is 2.29. The van der Waals surface area contributed by atoms with Crippen molar-refractivity contribution >= 4 is 17.4 Å². The van der Waals surface area contributed by atoms with E-state index in [9.17, 15) is 4.79 Å². The quantitative estimate of drug-likeness (QED) is 0.774. The molecule has 7 nitrogen and oxygen atoms in total. The van der Waals surface area contributed by atoms with Gasteiger partial charge in [-0.3, -0.25) is 4.79 Å². The fraction of sp³-hybridized carbons (Fsp3) is 0.450. The highest BCUT2D eigenvalue weighted by Crippen LogP contribution is 2.26. The Kier molecular flexibility index (Phi) is 6.74. The summed E-state index contributed by atoms with van der Waals surface area (Å²) in [4.78, 5) is 20.6. The van der Waals surface area contributed by atoms with Gasteiger partial charge in [0.05, 0.1) is 25.1 Å². The van der Waals surface area contributed by atoms with Crippen LogP contribution in [0.5, 0.6) is 5.75 Å². The number of nitrogens with zero attached hydrogens (tertiary/aromatic N) is 2. The number of aromatic nitrogens is 2. The first kappa shape index (κ1) is 20.6. The maximum absolute atomic E-state index is 11.4. The molecule has 0 aliphatic carbocycles. The Morgan fingerprint density at radius 1 is 1.15 bits per heavy atom. The van der Waals surface area contributed by atoms with Gasteiger partial charge in [0.15, 0.2) is 0 Å². The Bertz CT molecular complexity index is 800. The largest absolute Gasteiger partial charge is 0.495 e. The van der Waals surface area contributed by atoms with Crippen LogP contribution in [0.15, 0.2) is 24.3 Å². The summed E-state index contributed by atoms with van der Waals surface area (Å²) in [6.07, 6.45) is 0. The smallest absolute Gasteiger partial charge is 0.221 e. The summed E-state index contributed by atoms with van der Waals surface area (Å²) in [5, 5.41) is 6.11. The topological polar surface area (TPSA) is 85.4 Å². The van der Waals surface area contributed by atoms with Crippen LogP contribution in [0.3, 0.4) is 0 Å². The molecule has 0 atom stereocenters. The minimum absolute atomic E-state index is 0.145. The van der Waals surface area contributed by atoms with Crippen LogP contribution in [0, 0.1) is 0 Å². The summed E-state index contributed by atoms with van der Waals surface area (Å²) < 4.78 is 10.5. The van der Waals surface area contributed by atoms with Gasteiger partial charge >= 0.3 is 0 Å². The number of amides is 1. The Morgan fingerprint density at radius 3 is 2.48 bits per heavy atom. The first-order valence-electron chi connectivity index (χ1n) is 8.78. The molecule has 0 radical (unpaired) electrons. The summed E-state index contributed by atoms with van der Waals surface area (Å²) in [5.74, 6) is 1.97. The number of methoxy groups -OCH3 is 2. The SMILES string of the molecule is COCc1cc(NCc2ccc(OC)c(NC(C)=O)c2)nc(C(C)(C)C)n1. The molecule has 27 heavy (non-hydrogen) atoms. The zero-order valence-electron chi connectivity index (χ0n) is 16.8. The number of carbonyl (C=O) groups excluding carboxylic acids is 1. The van der Waals surface area contributed by atoms with Crippen LogP contribution in [-0.4, -0.2) is 30.1 Å². The zero-order chi connectivity index (χ0) is 20.0. The fourth-order valence-electron chi connectivity index (χ4n) is 2.49. The zero-order valence-corrected chi connectivity index (χ0v) is 16.8. The van der Waals surface area contributed by atoms with E-state index in [0.717, 1.165) is 22.9 Å². The molecule has 2 aromatic rings. The third kappa shape index (κ3) is 5.92. The number of hydrogen-bond donors (Lipinski definition) is 2. The molecule has 0 aliphatic rings. The van der Waals surface area contributed by atoms with E-state index in [-0.39, 0.29) is 11.3 Å². The van der Waals surface area contributed by atoms with E-state index >= 15 is 0 Å². The van der Waals surface area contributed by atoms with Gasteiger partial charge in [-0.05, 0) is 17.7 Å². The van der Waals surface area contributed by atoms with E-state index in [2.05, 4.69) is 41.4 Å². The highest BCUT2D eigenvalue weighted by atomic mass is 16.5. The second-order valence-corrected chi connectivity index (χ2v) is 7.32. The van der Waals surface area contributed by atoms with Crippen LogP contribution in [0.25, 0.3) is 0 Å². The molecule has 0 unspecified atom stereocenters. The lowest BCUT2D eigenvalue weighted by molar-refractivity contribution is -0.114. The number of ether oxygens (including phenoxy) is 2. The first-order chi connectivity index (χ1) is 12.7. The summed E-state index contributed by atoms with van der Waals surface area (Å²) >= 11 is 0. The van der Waals surface area contributed by atoms with Crippen LogP contribution >= 0.6 is 0 Å². The van der Waals surface area contributed by atoms with Crippen LogP contribution in [0.1, 0.15) is 44.8 Å². The molecule has 0 spiro atoms. The molecule has 1 heterocycles. The number of rotatable bonds is 7. The molecule has 2 N–H and O–H groups in total. The molecular weight excluding hydrogens is 344 g/mol. The Morgan fingerprint density at radius 2 is 1.89 bits per heavy atom. The van der Waals surface area contributed by atoms with Crippen molar-refractivity contribution in [2.45, 2.75) is 46.3 Å². The monoisotopic (exact) mass is 372 g/mol. The molecule has 7 heteroatoms. The van der Waals surface area contributed by atoms with Crippen LogP contribution in [-0.2, 0) is 28.1 Å². The van der Waals surface area contributed by atoms with Gasteiger partial charge in [-0.15, -0.1) is 0 Å². The number of nitrogens with one attached hydrogen (secondary N) is 2. The molecule has 1 amide bonds. The summed E-state index contributed by atoms with van der Waals surface area (Å²) in [6.45, 7) is 8.67. The molecular formula is C20H28N4O3. The average Bonchev–Trinajstić information content (AvgIpc) is 2.59. The van der Waals surface area contributed by atoms with E-state index in [4.69, 9.17) is 9.47 Å². The minimum Gasteiger partial charge on any atom is -0.495 e. The maximum atomic E-state index is 11.4. The molecule has 0 bridgehead atoms. The molecule has 0 aliphatic heterocycles. The highest BCUT2D eigenvalue weighted by molar-refractivity contribution is 5.90. The summed E-state index contributed by atoms with van der Waals surface area (Å²) in [7, 11) is 3.22. The van der Waals surface area contributed by atoms with E-state index in [1.54, 1.807) is 14.2 Å². The molecule has 2 rings (SSSR count). The van der Waals surface area contributed by atoms with Crippen molar-refractivity contribution in [3.63, 3.8) is 0 Å². The number of carbonyl (C=O) groups is 1. The maximum Gasteiger partial charge on any atom is 0.221 e. The molecule has 146 valence electrons. The van der Waals surface area contributed by atoms with Crippen molar-refractivity contribution in [1.29, 1.82) is 0 Å². The molecule has 0 saturated carbocycles. The normalized spacial score (nSPS) is 11.2. The van der Waals surface area contributed by atoms with Crippen LogP contribution < -0.4 is 15.4 Å². The van der Waals surface area contributed by atoms with Crippen molar-refractivity contribution in [3.8, 4) is 5.75 Å². The predicted octanol–water partition coefficient (Wildman–Crippen LogP) is 3.50. The van der Waals surface area contributed by atoms with Gasteiger partial charge in [0.2, 0.25) is 5.91 Å². The van der Waals surface area contributed by atoms with Gasteiger partial charge in [0, 0.05) is 32.1 Å². The fourth-order valence-corrected chi connectivity index (χ4v) is 2.49. The molecule has 1 aromatic heterocycles. The third-order valence-electron chi connectivity index (χ3n) is 3.79. The van der Waals surface area contributed by atoms with Crippen LogP contribution in [0.2, 0.25) is 0 Å². The van der Waals surface area contributed by atoms with Gasteiger partial charge in [-0.1, -0.05) is 26.8 Å². The third-order valence-corrected chi connectivity index (χ3v) is 3.79. The lowest BCUT2D eigenvalue weighted by atomic mass is 9.95. The lowest BCUT2D eigenvalue weighted by Gasteiger charge is -2.19. The second kappa shape index (κ2) is 8.81. The lowest BCUT2D eigenvalue weighted by Crippen LogP contribution is -2.18. The van der Waals surface area contributed by atoms with E-state index in [1.165, 1.54) is 6.92 Å². The van der Waals surface area contributed by atoms with Gasteiger partial charge in [-0.25, -0.2) is 9.97 Å². The molecule has 0 fully saturated rings. The first-order valence-corrected chi connectivity index (χ1v) is 8.78. The minimum atomic E-state index is -0.168. The number of benzene rings is 1. The second-order valence-electron chi connectivity index (χ2n) is 7.32. The Hall–Kier alpha value is -2.67. The van der Waals surface area contributed by atoms with Crippen molar-refractivity contribution in [2.75, 3.05) is 24.9 Å². The Balaban J connectivity index is 2.22. The molecule has 0 saturated heterocycles. The van der Waals surface area contributed by atoms with Gasteiger partial charge in [0.25, 0.3) is 0 Å². The van der Waals surface area contributed by atoms with Gasteiger partial charge in [0.1, 0.15) is 17.4 Å². The van der Waals surface area contributed by atoms with E-state index in [0.29, 0.717) is 24.6 Å². The Labute approximate surface area is 160 Å². The van der Waals surface area contributed by atoms with Crippen molar-refractivity contribution in [1.82, 2.24) is 9.97 Å². The van der Waals surface area contributed by atoms with Gasteiger partial charge in [-0.2, -0.15) is 0 Å². The van der Waals surface area contributed by atoms with Gasteiger partial charge < -0.3 is 20.1 Å². The number of anilines is 2. The predicted molar refractivity (Wildman–Crippen MR) is 106 cm³/mol. The van der Waals surface area contributed by atoms with E-state index < -0.39 is 0 Å². The van der Waals surface area contributed by atoms with Crippen molar-refractivity contribution in [2.24, 2.45) is 0 Å². The summed E-state index contributed by atoms with van der Waals surface area (Å²) in [6, 6.07) is 7.55. The van der Waals surface area contributed by atoms with Crippen molar-refractivity contribution in [3.05, 3.63) is 41.3 Å².